The van der Waals surface area contributed by atoms with E-state index in [4.69, 9.17) is 0 Å². The minimum Gasteiger partial charge on any atom is -0.315 e. The number of benzene rings is 2. The predicted molar refractivity (Wildman–Crippen MR) is 69.0 cm³/mol. The molecule has 84 valence electrons. The number of carbonyl (C=O) groups is 1. The zero-order valence-corrected chi connectivity index (χ0v) is 9.68. The largest absolute Gasteiger partial charge is 0.315 e. The number of para-hydroxylation sites is 1. The topological polar surface area (TPSA) is 20.3 Å². The van der Waals surface area contributed by atoms with Crippen molar-refractivity contribution >= 4 is 11.6 Å². The maximum Gasteiger partial charge on any atom is 0.231 e. The van der Waals surface area contributed by atoms with Crippen LogP contribution in [0, 0.1) is 0 Å². The SMILES string of the molecule is CN1C(=O)Cc2ccccc2-c2ccccc21. The van der Waals surface area contributed by atoms with Crippen molar-refractivity contribution in [3.63, 3.8) is 0 Å². The quantitative estimate of drug-likeness (QED) is 0.672. The van der Waals surface area contributed by atoms with Gasteiger partial charge in [0.1, 0.15) is 0 Å². The first-order chi connectivity index (χ1) is 8.27. The van der Waals surface area contributed by atoms with Gasteiger partial charge in [0.25, 0.3) is 0 Å². The van der Waals surface area contributed by atoms with Gasteiger partial charge in [0.15, 0.2) is 0 Å². The number of anilines is 1. The van der Waals surface area contributed by atoms with Gasteiger partial charge in [0, 0.05) is 12.6 Å². The van der Waals surface area contributed by atoms with Gasteiger partial charge >= 0.3 is 0 Å². The molecule has 2 nitrogen and oxygen atoms in total. The zero-order valence-electron chi connectivity index (χ0n) is 9.68. The van der Waals surface area contributed by atoms with Gasteiger partial charge < -0.3 is 4.90 Å². The first-order valence-corrected chi connectivity index (χ1v) is 5.71. The lowest BCUT2D eigenvalue weighted by molar-refractivity contribution is -0.117. The number of hydrogen-bond donors (Lipinski definition) is 0. The average Bonchev–Trinajstić information content (AvgIpc) is 2.48. The molecule has 0 N–H and O–H groups in total. The molecule has 1 amide bonds. The van der Waals surface area contributed by atoms with Gasteiger partial charge in [-0.3, -0.25) is 4.79 Å². The van der Waals surface area contributed by atoms with Gasteiger partial charge in [-0.25, -0.2) is 0 Å². The normalized spacial score (nSPS) is 13.9. The van der Waals surface area contributed by atoms with Crippen LogP contribution in [0.2, 0.25) is 0 Å². The molecule has 17 heavy (non-hydrogen) atoms. The molecule has 0 saturated carbocycles. The molecular formula is C15H13NO. The van der Waals surface area contributed by atoms with Crippen LogP contribution in [0.15, 0.2) is 48.5 Å². The van der Waals surface area contributed by atoms with Crippen molar-refractivity contribution in [2.45, 2.75) is 6.42 Å². The van der Waals surface area contributed by atoms with Gasteiger partial charge in [0.2, 0.25) is 5.91 Å². The van der Waals surface area contributed by atoms with Gasteiger partial charge in [-0.2, -0.15) is 0 Å². The second kappa shape index (κ2) is 3.74. The summed E-state index contributed by atoms with van der Waals surface area (Å²) < 4.78 is 0. The molecule has 3 rings (SSSR count). The van der Waals surface area contributed by atoms with Gasteiger partial charge in [-0.15, -0.1) is 0 Å². The summed E-state index contributed by atoms with van der Waals surface area (Å²) >= 11 is 0. The van der Waals surface area contributed by atoms with E-state index in [0.717, 1.165) is 16.8 Å². The van der Waals surface area contributed by atoms with Crippen LogP contribution in [0.25, 0.3) is 11.1 Å². The Morgan fingerprint density at radius 1 is 0.941 bits per heavy atom. The second-order valence-corrected chi connectivity index (χ2v) is 4.30. The van der Waals surface area contributed by atoms with Crippen molar-refractivity contribution in [1.82, 2.24) is 0 Å². The van der Waals surface area contributed by atoms with Crippen LogP contribution in [-0.2, 0) is 11.2 Å². The zero-order chi connectivity index (χ0) is 11.8. The van der Waals surface area contributed by atoms with Crippen molar-refractivity contribution in [2.75, 3.05) is 11.9 Å². The fourth-order valence-corrected chi connectivity index (χ4v) is 2.35. The van der Waals surface area contributed by atoms with Crippen LogP contribution >= 0.6 is 0 Å². The van der Waals surface area contributed by atoms with Crippen molar-refractivity contribution in [3.05, 3.63) is 54.1 Å². The van der Waals surface area contributed by atoms with Crippen LogP contribution < -0.4 is 4.90 Å². The molecule has 1 heterocycles. The van der Waals surface area contributed by atoms with Crippen LogP contribution in [0.1, 0.15) is 5.56 Å². The van der Waals surface area contributed by atoms with Crippen molar-refractivity contribution < 1.29 is 4.79 Å². The minimum atomic E-state index is 0.141. The first kappa shape index (κ1) is 10.1. The van der Waals surface area contributed by atoms with Gasteiger partial charge in [-0.05, 0) is 17.2 Å². The monoisotopic (exact) mass is 223 g/mol. The summed E-state index contributed by atoms with van der Waals surface area (Å²) in [6.07, 6.45) is 0.474. The van der Waals surface area contributed by atoms with Gasteiger partial charge in [0.05, 0.1) is 12.1 Å². The molecule has 2 aromatic rings. The summed E-state index contributed by atoms with van der Waals surface area (Å²) in [6.45, 7) is 0. The fourth-order valence-electron chi connectivity index (χ4n) is 2.35. The standard InChI is InChI=1S/C15H13NO/c1-16-14-9-5-4-8-13(14)12-7-3-2-6-11(12)10-15(16)17/h2-9H,10H2,1H3. The summed E-state index contributed by atoms with van der Waals surface area (Å²) in [7, 11) is 1.84. The highest BCUT2D eigenvalue weighted by molar-refractivity contribution is 6.02. The van der Waals surface area contributed by atoms with E-state index in [1.54, 1.807) is 4.90 Å². The number of fused-ring (bicyclic) bond motifs is 3. The Labute approximate surface area is 100 Å². The van der Waals surface area contributed by atoms with Crippen molar-refractivity contribution in [3.8, 4) is 11.1 Å². The Bertz CT molecular complexity index is 589. The van der Waals surface area contributed by atoms with Crippen LogP contribution in [0.3, 0.4) is 0 Å². The lowest BCUT2D eigenvalue weighted by Gasteiger charge is -2.17. The summed E-state index contributed by atoms with van der Waals surface area (Å²) in [5.74, 6) is 0.141. The van der Waals surface area contributed by atoms with Crippen LogP contribution in [0.4, 0.5) is 5.69 Å². The lowest BCUT2D eigenvalue weighted by Crippen LogP contribution is -2.26. The third kappa shape index (κ3) is 1.53. The van der Waals surface area contributed by atoms with E-state index in [1.807, 2.05) is 43.4 Å². The predicted octanol–water partition coefficient (Wildman–Crippen LogP) is 2.87. The summed E-state index contributed by atoms with van der Waals surface area (Å²) in [5.41, 5.74) is 4.40. The van der Waals surface area contributed by atoms with E-state index in [0.29, 0.717) is 6.42 Å². The van der Waals surface area contributed by atoms with Crippen molar-refractivity contribution in [1.29, 1.82) is 0 Å². The smallest absolute Gasteiger partial charge is 0.231 e. The summed E-state index contributed by atoms with van der Waals surface area (Å²) in [6, 6.07) is 16.2. The maximum absolute atomic E-state index is 12.1. The number of likely N-dealkylation sites (N-methyl/N-ethyl adjacent to an activating group) is 1. The van der Waals surface area contributed by atoms with Crippen LogP contribution in [0.5, 0.6) is 0 Å². The number of nitrogens with zero attached hydrogens (tertiary/aromatic N) is 1. The number of amides is 1. The molecule has 2 heteroatoms. The number of hydrogen-bond acceptors (Lipinski definition) is 1. The third-order valence-electron chi connectivity index (χ3n) is 3.29. The minimum absolute atomic E-state index is 0.141. The molecule has 0 aliphatic carbocycles. The molecule has 0 saturated heterocycles. The molecule has 0 radical (unpaired) electrons. The first-order valence-electron chi connectivity index (χ1n) is 5.71. The second-order valence-electron chi connectivity index (χ2n) is 4.30. The highest BCUT2D eigenvalue weighted by Gasteiger charge is 2.21. The number of carbonyl (C=O) groups excluding carboxylic acids is 1. The summed E-state index contributed by atoms with van der Waals surface area (Å²) in [5, 5.41) is 0. The molecular weight excluding hydrogens is 210 g/mol. The molecule has 0 atom stereocenters. The Morgan fingerprint density at radius 3 is 2.41 bits per heavy atom. The molecule has 0 bridgehead atoms. The molecule has 1 aliphatic rings. The Morgan fingerprint density at radius 2 is 1.59 bits per heavy atom. The Kier molecular flexibility index (Phi) is 2.22. The van der Waals surface area contributed by atoms with E-state index in [-0.39, 0.29) is 5.91 Å². The lowest BCUT2D eigenvalue weighted by atomic mass is 9.98. The summed E-state index contributed by atoms with van der Waals surface area (Å²) in [4.78, 5) is 13.8. The van der Waals surface area contributed by atoms with E-state index in [2.05, 4.69) is 12.1 Å². The molecule has 0 fully saturated rings. The molecule has 0 unspecified atom stereocenters. The molecule has 0 spiro atoms. The molecule has 0 aromatic heterocycles. The van der Waals surface area contributed by atoms with E-state index >= 15 is 0 Å². The fraction of sp³-hybridized carbons (Fsp3) is 0.133. The highest BCUT2D eigenvalue weighted by atomic mass is 16.2. The van der Waals surface area contributed by atoms with Gasteiger partial charge in [-0.1, -0.05) is 42.5 Å². The number of rotatable bonds is 0. The Balaban J connectivity index is 2.33. The third-order valence-corrected chi connectivity index (χ3v) is 3.29. The molecule has 2 aromatic carbocycles. The van der Waals surface area contributed by atoms with E-state index in [1.165, 1.54) is 5.56 Å². The highest BCUT2D eigenvalue weighted by Crippen LogP contribution is 2.35. The Hall–Kier alpha value is -2.09. The van der Waals surface area contributed by atoms with E-state index in [9.17, 15) is 4.79 Å². The average molecular weight is 223 g/mol. The maximum atomic E-state index is 12.1. The van der Waals surface area contributed by atoms with Crippen molar-refractivity contribution in [2.24, 2.45) is 0 Å². The van der Waals surface area contributed by atoms with Crippen LogP contribution in [-0.4, -0.2) is 13.0 Å². The van der Waals surface area contributed by atoms with E-state index < -0.39 is 0 Å². The molecule has 1 aliphatic heterocycles.